The summed E-state index contributed by atoms with van der Waals surface area (Å²) in [6, 6.07) is -0.361. The molecule has 1 aromatic rings. The summed E-state index contributed by atoms with van der Waals surface area (Å²) in [6.07, 6.45) is 0. The molecule has 96 valence electrons. The predicted molar refractivity (Wildman–Crippen MR) is 54.6 cm³/mol. The normalized spacial score (nSPS) is 12.9. The maximum absolute atomic E-state index is 13.1. The van der Waals surface area contributed by atoms with Gasteiger partial charge in [-0.3, -0.25) is 0 Å². The fraction of sp³-hybridized carbons (Fsp3) is 0.455. The van der Waals surface area contributed by atoms with Gasteiger partial charge in [-0.1, -0.05) is 13.8 Å². The van der Waals surface area contributed by atoms with Crippen LogP contribution in [0.15, 0.2) is 6.07 Å². The number of hydrogen-bond acceptors (Lipinski definition) is 2. The van der Waals surface area contributed by atoms with Crippen LogP contribution in [-0.2, 0) is 0 Å². The van der Waals surface area contributed by atoms with Gasteiger partial charge in [0.2, 0.25) is 11.6 Å². The molecule has 2 nitrogen and oxygen atoms in total. The van der Waals surface area contributed by atoms with Crippen molar-refractivity contribution in [2.24, 2.45) is 11.7 Å². The fourth-order valence-corrected chi connectivity index (χ4v) is 1.05. The summed E-state index contributed by atoms with van der Waals surface area (Å²) < 4.78 is 56.6. The van der Waals surface area contributed by atoms with E-state index < -0.39 is 35.1 Å². The van der Waals surface area contributed by atoms with Gasteiger partial charge in [-0.15, -0.1) is 0 Å². The molecule has 0 saturated carbocycles. The second kappa shape index (κ2) is 5.35. The molecule has 0 spiro atoms. The van der Waals surface area contributed by atoms with E-state index in [1.165, 1.54) is 0 Å². The van der Waals surface area contributed by atoms with Gasteiger partial charge in [0.1, 0.15) is 6.61 Å². The van der Waals surface area contributed by atoms with Gasteiger partial charge in [0.25, 0.3) is 0 Å². The average molecular weight is 251 g/mol. The first-order valence-corrected chi connectivity index (χ1v) is 5.06. The van der Waals surface area contributed by atoms with Crippen LogP contribution in [0, 0.1) is 29.2 Å². The first kappa shape index (κ1) is 13.8. The molecule has 1 atom stereocenters. The average Bonchev–Trinajstić information content (AvgIpc) is 2.26. The van der Waals surface area contributed by atoms with Crippen LogP contribution in [0.5, 0.6) is 5.75 Å². The number of rotatable bonds is 4. The van der Waals surface area contributed by atoms with Crippen LogP contribution < -0.4 is 10.5 Å². The van der Waals surface area contributed by atoms with E-state index >= 15 is 0 Å². The monoisotopic (exact) mass is 251 g/mol. The summed E-state index contributed by atoms with van der Waals surface area (Å²) in [5.41, 5.74) is 5.58. The molecule has 17 heavy (non-hydrogen) atoms. The van der Waals surface area contributed by atoms with Gasteiger partial charge in [-0.2, -0.15) is 8.78 Å². The largest absolute Gasteiger partial charge is 0.486 e. The van der Waals surface area contributed by atoms with Crippen LogP contribution in [0.1, 0.15) is 13.8 Å². The van der Waals surface area contributed by atoms with Gasteiger partial charge in [-0.25, -0.2) is 8.78 Å². The highest BCUT2D eigenvalue weighted by molar-refractivity contribution is 5.28. The highest BCUT2D eigenvalue weighted by Crippen LogP contribution is 2.26. The lowest BCUT2D eigenvalue weighted by Crippen LogP contribution is -2.33. The number of hydrogen-bond donors (Lipinski definition) is 1. The van der Waals surface area contributed by atoms with E-state index in [9.17, 15) is 17.6 Å². The fourth-order valence-electron chi connectivity index (χ4n) is 1.05. The standard InChI is InChI=1S/C11H13F4NO/c1-5(2)8(16)4-17-11-9(14)6(12)3-7(13)10(11)15/h3,5,8H,4,16H2,1-2H3. The first-order valence-electron chi connectivity index (χ1n) is 5.06. The molecule has 0 fully saturated rings. The molecule has 2 N–H and O–H groups in total. The summed E-state index contributed by atoms with van der Waals surface area (Å²) in [7, 11) is 0. The Kier molecular flexibility index (Phi) is 4.34. The zero-order valence-electron chi connectivity index (χ0n) is 9.44. The Morgan fingerprint density at radius 2 is 1.59 bits per heavy atom. The van der Waals surface area contributed by atoms with Crippen LogP contribution in [-0.4, -0.2) is 12.6 Å². The molecular formula is C11H13F4NO. The van der Waals surface area contributed by atoms with Crippen LogP contribution in [0.2, 0.25) is 0 Å². The van der Waals surface area contributed by atoms with Crippen molar-refractivity contribution in [3.63, 3.8) is 0 Å². The van der Waals surface area contributed by atoms with E-state index in [1.807, 2.05) is 0 Å². The first-order chi connectivity index (χ1) is 7.84. The molecule has 0 bridgehead atoms. The SMILES string of the molecule is CC(C)C(N)COc1c(F)c(F)cc(F)c1F. The summed E-state index contributed by atoms with van der Waals surface area (Å²) in [6.45, 7) is 3.34. The Hall–Kier alpha value is -1.30. The van der Waals surface area contributed by atoms with E-state index in [0.717, 1.165) is 0 Å². The molecule has 0 aliphatic heterocycles. The van der Waals surface area contributed by atoms with Crippen molar-refractivity contribution < 1.29 is 22.3 Å². The quantitative estimate of drug-likeness (QED) is 0.659. The minimum Gasteiger partial charge on any atom is -0.486 e. The maximum atomic E-state index is 13.1. The van der Waals surface area contributed by atoms with Crippen molar-refractivity contribution in [1.82, 2.24) is 0 Å². The summed E-state index contributed by atoms with van der Waals surface area (Å²) in [5, 5.41) is 0. The second-order valence-electron chi connectivity index (χ2n) is 4.02. The maximum Gasteiger partial charge on any atom is 0.203 e. The van der Waals surface area contributed by atoms with Crippen molar-refractivity contribution in [3.8, 4) is 5.75 Å². The van der Waals surface area contributed by atoms with E-state index in [1.54, 1.807) is 13.8 Å². The zero-order valence-corrected chi connectivity index (χ0v) is 9.44. The Balaban J connectivity index is 2.91. The number of nitrogens with two attached hydrogens (primary N) is 1. The van der Waals surface area contributed by atoms with E-state index in [0.29, 0.717) is 0 Å². The van der Waals surface area contributed by atoms with Crippen LogP contribution in [0.4, 0.5) is 17.6 Å². The highest BCUT2D eigenvalue weighted by Gasteiger charge is 2.21. The molecule has 0 aromatic heterocycles. The smallest absolute Gasteiger partial charge is 0.203 e. The lowest BCUT2D eigenvalue weighted by molar-refractivity contribution is 0.231. The minimum absolute atomic E-state index is 0.0135. The third kappa shape index (κ3) is 3.09. The van der Waals surface area contributed by atoms with Gasteiger partial charge < -0.3 is 10.5 Å². The van der Waals surface area contributed by atoms with Crippen molar-refractivity contribution in [1.29, 1.82) is 0 Å². The van der Waals surface area contributed by atoms with E-state index in [-0.39, 0.29) is 18.6 Å². The third-order valence-electron chi connectivity index (χ3n) is 2.35. The Labute approximate surface area is 96.4 Å². The molecule has 0 aliphatic rings. The van der Waals surface area contributed by atoms with Gasteiger partial charge in [0.15, 0.2) is 17.4 Å². The molecule has 1 rings (SSSR count). The lowest BCUT2D eigenvalue weighted by Gasteiger charge is -2.17. The van der Waals surface area contributed by atoms with Crippen molar-refractivity contribution >= 4 is 0 Å². The van der Waals surface area contributed by atoms with Gasteiger partial charge in [0, 0.05) is 12.1 Å². The predicted octanol–water partition coefficient (Wildman–Crippen LogP) is 2.61. The Morgan fingerprint density at radius 1 is 1.12 bits per heavy atom. The van der Waals surface area contributed by atoms with Gasteiger partial charge >= 0.3 is 0 Å². The second-order valence-corrected chi connectivity index (χ2v) is 4.02. The van der Waals surface area contributed by atoms with Gasteiger partial charge in [-0.05, 0) is 5.92 Å². The molecule has 0 saturated heterocycles. The van der Waals surface area contributed by atoms with E-state index in [2.05, 4.69) is 0 Å². The lowest BCUT2D eigenvalue weighted by atomic mass is 10.1. The molecule has 1 aromatic carbocycles. The molecule has 0 amide bonds. The molecule has 0 heterocycles. The third-order valence-corrected chi connectivity index (χ3v) is 2.35. The van der Waals surface area contributed by atoms with Crippen LogP contribution in [0.3, 0.4) is 0 Å². The highest BCUT2D eigenvalue weighted by atomic mass is 19.2. The van der Waals surface area contributed by atoms with E-state index in [4.69, 9.17) is 10.5 Å². The van der Waals surface area contributed by atoms with Crippen LogP contribution in [0.25, 0.3) is 0 Å². The Morgan fingerprint density at radius 3 is 2.00 bits per heavy atom. The summed E-state index contributed by atoms with van der Waals surface area (Å²) >= 11 is 0. The number of ether oxygens (including phenoxy) is 1. The zero-order chi connectivity index (χ0) is 13.2. The summed E-state index contributed by atoms with van der Waals surface area (Å²) in [5.74, 6) is -7.17. The van der Waals surface area contributed by atoms with Crippen LogP contribution >= 0.6 is 0 Å². The number of halogens is 4. The van der Waals surface area contributed by atoms with Crippen molar-refractivity contribution in [2.45, 2.75) is 19.9 Å². The Bertz CT molecular complexity index is 383. The molecular weight excluding hydrogens is 238 g/mol. The molecule has 0 aliphatic carbocycles. The molecule has 6 heteroatoms. The van der Waals surface area contributed by atoms with Crippen molar-refractivity contribution in [2.75, 3.05) is 6.61 Å². The topological polar surface area (TPSA) is 35.2 Å². The molecule has 1 unspecified atom stereocenters. The molecule has 0 radical (unpaired) electrons. The van der Waals surface area contributed by atoms with Crippen molar-refractivity contribution in [3.05, 3.63) is 29.3 Å². The minimum atomic E-state index is -1.56. The summed E-state index contributed by atoms with van der Waals surface area (Å²) in [4.78, 5) is 0. The van der Waals surface area contributed by atoms with Gasteiger partial charge in [0.05, 0.1) is 0 Å². The number of benzene rings is 1.